The van der Waals surface area contributed by atoms with Crippen molar-refractivity contribution in [3.8, 4) is 23.0 Å². The molecule has 0 bridgehead atoms. The van der Waals surface area contributed by atoms with Gasteiger partial charge in [0.15, 0.2) is 27.8 Å². The number of ether oxygens (including phenoxy) is 4. The molecule has 0 amide bonds. The van der Waals surface area contributed by atoms with Crippen molar-refractivity contribution in [1.82, 2.24) is 4.57 Å². The molecule has 10 heteroatoms. The van der Waals surface area contributed by atoms with E-state index in [0.717, 1.165) is 19.3 Å². The van der Waals surface area contributed by atoms with Crippen LogP contribution in [0.2, 0.25) is 0 Å². The zero-order valence-corrected chi connectivity index (χ0v) is 24.2. The van der Waals surface area contributed by atoms with E-state index in [1.807, 2.05) is 6.07 Å². The molecule has 0 fully saturated rings. The number of aromatic nitrogens is 1. The number of phenols is 1. The molecule has 4 rings (SSSR count). The van der Waals surface area contributed by atoms with Crippen LogP contribution in [0.5, 0.6) is 23.0 Å². The van der Waals surface area contributed by atoms with Crippen molar-refractivity contribution in [3.05, 3.63) is 78.5 Å². The minimum absolute atomic E-state index is 0.00236. The van der Waals surface area contributed by atoms with E-state index in [2.05, 4.69) is 11.9 Å². The van der Waals surface area contributed by atoms with Crippen LogP contribution in [0, 0.1) is 0 Å². The lowest BCUT2D eigenvalue weighted by molar-refractivity contribution is -0.139. The molecule has 40 heavy (non-hydrogen) atoms. The summed E-state index contributed by atoms with van der Waals surface area (Å²) in [5.41, 5.74) is 1.78. The van der Waals surface area contributed by atoms with Crippen molar-refractivity contribution in [2.24, 2.45) is 4.99 Å². The molecule has 3 aromatic rings. The molecular weight excluding hydrogens is 532 g/mol. The van der Waals surface area contributed by atoms with Gasteiger partial charge in [-0.2, -0.15) is 0 Å². The van der Waals surface area contributed by atoms with Gasteiger partial charge in [0.05, 0.1) is 49.3 Å². The first-order valence-corrected chi connectivity index (χ1v) is 14.0. The quantitative estimate of drug-likeness (QED) is 0.275. The lowest BCUT2D eigenvalue weighted by atomic mass is 9.95. The Labute approximate surface area is 236 Å². The van der Waals surface area contributed by atoms with Crippen LogP contribution in [0.1, 0.15) is 57.2 Å². The predicted octanol–water partition coefficient (Wildman–Crippen LogP) is 4.09. The van der Waals surface area contributed by atoms with Crippen LogP contribution in [-0.4, -0.2) is 43.1 Å². The van der Waals surface area contributed by atoms with Crippen molar-refractivity contribution >= 4 is 23.4 Å². The molecule has 0 spiro atoms. The Hall–Kier alpha value is -4.05. The van der Waals surface area contributed by atoms with Crippen molar-refractivity contribution in [1.29, 1.82) is 0 Å². The summed E-state index contributed by atoms with van der Waals surface area (Å²) in [6.45, 7) is 6.35. The number of phenolic OH excluding ortho intramolecular Hbond substituents is 1. The standard InChI is InChI=1S/C30H34N2O7S/c1-6-8-9-14-39-22-13-11-20(17-24(22)37-5)27-26(29(35)38-7-2)18(3)31-30-32(27)28(34)25(40-30)16-19-10-12-21(33)23(15-19)36-4/h10-13,15-17,27,33H,6-9,14H2,1-5H3. The van der Waals surface area contributed by atoms with E-state index in [1.54, 1.807) is 51.3 Å². The first kappa shape index (κ1) is 28.9. The molecule has 1 aromatic heterocycles. The fourth-order valence-electron chi connectivity index (χ4n) is 4.55. The molecule has 9 nitrogen and oxygen atoms in total. The molecule has 1 N–H and O–H groups in total. The van der Waals surface area contributed by atoms with Crippen LogP contribution in [0.25, 0.3) is 6.08 Å². The molecule has 1 unspecified atom stereocenters. The monoisotopic (exact) mass is 566 g/mol. The number of carbonyl (C=O) groups is 1. The van der Waals surface area contributed by atoms with Gasteiger partial charge in [-0.05, 0) is 61.7 Å². The van der Waals surface area contributed by atoms with E-state index in [0.29, 0.717) is 50.0 Å². The fourth-order valence-corrected chi connectivity index (χ4v) is 5.60. The summed E-state index contributed by atoms with van der Waals surface area (Å²) in [4.78, 5) is 32.1. The second-order valence-electron chi connectivity index (χ2n) is 9.20. The van der Waals surface area contributed by atoms with E-state index in [-0.39, 0.29) is 23.5 Å². The predicted molar refractivity (Wildman–Crippen MR) is 153 cm³/mol. The molecule has 1 aliphatic rings. The SMILES string of the molecule is CCCCCOc1ccc(C2C(C(=O)OCC)=C(C)N=c3sc(=Cc4ccc(O)c(OC)c4)c(=O)n32)cc1OC. The molecule has 212 valence electrons. The highest BCUT2D eigenvalue weighted by molar-refractivity contribution is 7.07. The summed E-state index contributed by atoms with van der Waals surface area (Å²) in [5, 5.41) is 9.95. The summed E-state index contributed by atoms with van der Waals surface area (Å²) in [6.07, 6.45) is 4.80. The average molecular weight is 567 g/mol. The molecule has 0 radical (unpaired) electrons. The fraction of sp³-hybridized carbons (Fsp3) is 0.367. The van der Waals surface area contributed by atoms with Gasteiger partial charge in [0.2, 0.25) is 0 Å². The Morgan fingerprint density at radius 1 is 1.07 bits per heavy atom. The maximum atomic E-state index is 13.9. The largest absolute Gasteiger partial charge is 0.504 e. The minimum Gasteiger partial charge on any atom is -0.504 e. The topological polar surface area (TPSA) is 109 Å². The highest BCUT2D eigenvalue weighted by Gasteiger charge is 2.34. The molecule has 1 aliphatic heterocycles. The van der Waals surface area contributed by atoms with Gasteiger partial charge in [-0.15, -0.1) is 0 Å². The highest BCUT2D eigenvalue weighted by atomic mass is 32.1. The van der Waals surface area contributed by atoms with E-state index in [9.17, 15) is 14.7 Å². The number of hydrogen-bond donors (Lipinski definition) is 1. The maximum absolute atomic E-state index is 13.9. The summed E-state index contributed by atoms with van der Waals surface area (Å²) in [6, 6.07) is 9.48. The number of rotatable bonds is 11. The number of thiazole rings is 1. The molecule has 2 aromatic carbocycles. The van der Waals surface area contributed by atoms with Gasteiger partial charge in [0.1, 0.15) is 0 Å². The molecule has 0 saturated heterocycles. The van der Waals surface area contributed by atoms with Crippen LogP contribution in [-0.2, 0) is 9.53 Å². The minimum atomic E-state index is -0.783. The number of allylic oxidation sites excluding steroid dienone is 1. The third kappa shape index (κ3) is 5.91. The number of carbonyl (C=O) groups excluding carboxylic acids is 1. The van der Waals surface area contributed by atoms with E-state index in [4.69, 9.17) is 18.9 Å². The first-order chi connectivity index (χ1) is 19.3. The second kappa shape index (κ2) is 12.9. The molecular formula is C30H34N2O7S. The number of hydrogen-bond acceptors (Lipinski definition) is 9. The average Bonchev–Trinajstić information content (AvgIpc) is 3.25. The van der Waals surface area contributed by atoms with E-state index >= 15 is 0 Å². The van der Waals surface area contributed by atoms with E-state index < -0.39 is 12.0 Å². The number of aromatic hydroxyl groups is 1. The molecule has 0 aliphatic carbocycles. The summed E-state index contributed by atoms with van der Waals surface area (Å²) >= 11 is 1.22. The van der Waals surface area contributed by atoms with E-state index in [1.165, 1.54) is 29.1 Å². The van der Waals surface area contributed by atoms with Crippen LogP contribution >= 0.6 is 11.3 Å². The lowest BCUT2D eigenvalue weighted by Crippen LogP contribution is -2.40. The molecule has 2 heterocycles. The van der Waals surface area contributed by atoms with Crippen LogP contribution in [0.4, 0.5) is 0 Å². The van der Waals surface area contributed by atoms with Crippen molar-refractivity contribution in [3.63, 3.8) is 0 Å². The Morgan fingerprint density at radius 3 is 2.55 bits per heavy atom. The lowest BCUT2D eigenvalue weighted by Gasteiger charge is -2.25. The summed E-state index contributed by atoms with van der Waals surface area (Å²) in [5.74, 6) is 0.858. The molecule has 1 atom stereocenters. The van der Waals surface area contributed by atoms with Gasteiger partial charge in [-0.3, -0.25) is 9.36 Å². The number of esters is 1. The van der Waals surface area contributed by atoms with Gasteiger partial charge in [-0.25, -0.2) is 9.79 Å². The smallest absolute Gasteiger partial charge is 0.338 e. The third-order valence-corrected chi connectivity index (χ3v) is 7.51. The Balaban J connectivity index is 1.86. The van der Waals surface area contributed by atoms with Gasteiger partial charge >= 0.3 is 5.97 Å². The zero-order valence-electron chi connectivity index (χ0n) is 23.4. The summed E-state index contributed by atoms with van der Waals surface area (Å²) < 4.78 is 24.1. The zero-order chi connectivity index (χ0) is 28.8. The van der Waals surface area contributed by atoms with Crippen LogP contribution < -0.4 is 29.1 Å². The van der Waals surface area contributed by atoms with Crippen LogP contribution in [0.15, 0.2) is 57.5 Å². The maximum Gasteiger partial charge on any atom is 0.338 e. The van der Waals surface area contributed by atoms with Crippen molar-refractivity contribution in [2.45, 2.75) is 46.1 Å². The van der Waals surface area contributed by atoms with Crippen molar-refractivity contribution < 1.29 is 28.8 Å². The van der Waals surface area contributed by atoms with Crippen LogP contribution in [0.3, 0.4) is 0 Å². The highest BCUT2D eigenvalue weighted by Crippen LogP contribution is 2.36. The number of unbranched alkanes of at least 4 members (excludes halogenated alkanes) is 2. The van der Waals surface area contributed by atoms with Gasteiger partial charge < -0.3 is 24.1 Å². The second-order valence-corrected chi connectivity index (χ2v) is 10.2. The Morgan fingerprint density at radius 2 is 1.85 bits per heavy atom. The number of benzene rings is 2. The van der Waals surface area contributed by atoms with Gasteiger partial charge in [-0.1, -0.05) is 43.2 Å². The number of methoxy groups -OCH3 is 2. The summed E-state index contributed by atoms with van der Waals surface area (Å²) in [7, 11) is 3.02. The Bertz CT molecular complexity index is 1600. The first-order valence-electron chi connectivity index (χ1n) is 13.2. The number of fused-ring (bicyclic) bond motifs is 1. The van der Waals surface area contributed by atoms with Crippen molar-refractivity contribution in [2.75, 3.05) is 27.4 Å². The Kier molecular flexibility index (Phi) is 9.31. The number of nitrogens with zero attached hydrogens (tertiary/aromatic N) is 2. The normalized spacial score (nSPS) is 14.9. The van der Waals surface area contributed by atoms with Gasteiger partial charge in [0, 0.05) is 0 Å². The molecule has 0 saturated carbocycles. The third-order valence-electron chi connectivity index (χ3n) is 6.53. The van der Waals surface area contributed by atoms with Gasteiger partial charge in [0.25, 0.3) is 5.56 Å².